The van der Waals surface area contributed by atoms with E-state index in [1.165, 1.54) is 13.5 Å². The van der Waals surface area contributed by atoms with Crippen LogP contribution in [0.5, 0.6) is 0 Å². The fourth-order valence-corrected chi connectivity index (χ4v) is 5.30. The average molecular weight is 627 g/mol. The van der Waals surface area contributed by atoms with Crippen LogP contribution in [0.15, 0.2) is 0 Å². The fraction of sp³-hybridized carbons (Fsp3) is 1.00. The molecule has 1 nitrogen and oxygen atoms in total. The molecule has 0 spiro atoms. The van der Waals surface area contributed by atoms with Crippen molar-refractivity contribution in [2.75, 3.05) is 6.54 Å². The molecule has 0 aliphatic rings. The zero-order valence-electron chi connectivity index (χ0n) is 19.2. The number of hydrogen-bond acceptors (Lipinski definition) is 1. The molecule has 38 heavy (non-hydrogen) atoms. The molecule has 0 rings (SSSR count). The van der Waals surface area contributed by atoms with E-state index in [2.05, 4.69) is 4.98 Å². The summed E-state index contributed by atoms with van der Waals surface area (Å²) in [7, 11) is -3.22. The minimum absolute atomic E-state index is 0.0615. The Morgan fingerprint density at radius 1 is 0.500 bits per heavy atom. The van der Waals surface area contributed by atoms with Gasteiger partial charge in [-0.25, -0.2) is 0 Å². The lowest BCUT2D eigenvalue weighted by Gasteiger charge is -2.44. The van der Waals surface area contributed by atoms with Crippen LogP contribution in [-0.2, 0) is 0 Å². The zero-order chi connectivity index (χ0) is 31.2. The minimum atomic E-state index is -8.88. The van der Waals surface area contributed by atoms with Crippen LogP contribution in [0, 0.1) is 0 Å². The summed E-state index contributed by atoms with van der Waals surface area (Å²) in [5.74, 6) is -66.0. The lowest BCUT2D eigenvalue weighted by molar-refractivity contribution is -0.468. The van der Waals surface area contributed by atoms with Gasteiger partial charge >= 0.3 is 53.6 Å². The van der Waals surface area contributed by atoms with Gasteiger partial charge in [-0.15, -0.1) is 0 Å². The summed E-state index contributed by atoms with van der Waals surface area (Å²) in [5, 5.41) is 0. The van der Waals surface area contributed by atoms with Gasteiger partial charge < -0.3 is 4.98 Å². The van der Waals surface area contributed by atoms with Crippen molar-refractivity contribution in [2.45, 2.75) is 98.9 Å². The predicted molar refractivity (Wildman–Crippen MR) is 95.4 cm³/mol. The van der Waals surface area contributed by atoms with Gasteiger partial charge in [-0.2, -0.15) is 83.4 Å². The van der Waals surface area contributed by atoms with Crippen molar-refractivity contribution in [2.24, 2.45) is 0 Å². The lowest BCUT2D eigenvalue weighted by atomic mass is 9.87. The molecule has 0 aromatic rings. The molecule has 1 atom stereocenters. The molecule has 0 aromatic carbocycles. The van der Waals surface area contributed by atoms with Gasteiger partial charge in [0.15, 0.2) is 0 Å². The van der Waals surface area contributed by atoms with Gasteiger partial charge in [0.05, 0.1) is 0 Å². The fourth-order valence-electron chi connectivity index (χ4n) is 2.80. The third kappa shape index (κ3) is 5.42. The molecule has 0 bridgehead atoms. The normalized spacial score (nSPS) is 17.5. The van der Waals surface area contributed by atoms with Gasteiger partial charge in [0.2, 0.25) is 0 Å². The first-order valence-electron chi connectivity index (χ1n) is 10.2. The van der Waals surface area contributed by atoms with E-state index < -0.39 is 74.3 Å². The first-order chi connectivity index (χ1) is 16.3. The number of alkyl halides is 19. The molecular formula is C17H20F19NSi. The van der Waals surface area contributed by atoms with Crippen molar-refractivity contribution in [1.29, 1.82) is 0 Å². The highest BCUT2D eigenvalue weighted by Gasteiger charge is 2.96. The maximum absolute atomic E-state index is 14.1. The van der Waals surface area contributed by atoms with Crippen LogP contribution >= 0.6 is 0 Å². The topological polar surface area (TPSA) is 12.0 Å². The van der Waals surface area contributed by atoms with E-state index in [9.17, 15) is 83.4 Å². The molecule has 1 unspecified atom stereocenters. The summed E-state index contributed by atoms with van der Waals surface area (Å²) in [5.41, 5.74) is 0. The van der Waals surface area contributed by atoms with Crippen LogP contribution in [0.4, 0.5) is 83.4 Å². The minimum Gasteiger partial charge on any atom is -0.337 e. The summed E-state index contributed by atoms with van der Waals surface area (Å²) < 4.78 is 254. The lowest BCUT2D eigenvalue weighted by Crippen LogP contribution is -2.75. The molecule has 0 saturated carbocycles. The van der Waals surface area contributed by atoms with E-state index in [4.69, 9.17) is 0 Å². The predicted octanol–water partition coefficient (Wildman–Crippen LogP) is 8.62. The molecule has 0 heterocycles. The smallest absolute Gasteiger partial charge is 0.337 e. The van der Waals surface area contributed by atoms with Crippen molar-refractivity contribution in [3.8, 4) is 0 Å². The molecule has 0 radical (unpaired) electrons. The SMILES string of the molecule is CCCN[Si](C)(CC)CCC(F)(F)C(F)(F)C(F)(F)C(F)(F)C(F)(F)C(F)(F)C(F)(F)C(F)(F)C(F)(F)F. The molecule has 0 aliphatic heterocycles. The standard InChI is InChI=1S/C17H20F19NSi/c1-4-7-37-38(3,5-2)8-6-9(18,19)10(20,21)11(22,23)12(24,25)13(26,27)14(28,29)15(30,31)16(32,33)17(34,35)36/h37H,4-8H2,1-3H3. The second kappa shape index (κ2) is 10.4. The van der Waals surface area contributed by atoms with E-state index in [-0.39, 0.29) is 12.6 Å². The molecule has 0 fully saturated rings. The summed E-state index contributed by atoms with van der Waals surface area (Å²) in [6.45, 7) is 4.13. The Kier molecular flexibility index (Phi) is 10.0. The van der Waals surface area contributed by atoms with Crippen LogP contribution < -0.4 is 4.98 Å². The van der Waals surface area contributed by atoms with Crippen LogP contribution in [0.1, 0.15) is 26.7 Å². The largest absolute Gasteiger partial charge is 0.460 e. The molecule has 0 aliphatic carbocycles. The maximum atomic E-state index is 14.1. The summed E-state index contributed by atoms with van der Waals surface area (Å²) in [6, 6.07) is -1.19. The Labute approximate surface area is 203 Å². The summed E-state index contributed by atoms with van der Waals surface area (Å²) in [4.78, 5) is 2.64. The van der Waals surface area contributed by atoms with Gasteiger partial charge in [-0.1, -0.05) is 20.4 Å². The number of hydrogen-bond donors (Lipinski definition) is 1. The molecule has 230 valence electrons. The number of rotatable bonds is 14. The van der Waals surface area contributed by atoms with E-state index in [1.807, 2.05) is 0 Å². The summed E-state index contributed by atoms with van der Waals surface area (Å²) >= 11 is 0. The van der Waals surface area contributed by atoms with Crippen LogP contribution in [0.25, 0.3) is 0 Å². The van der Waals surface area contributed by atoms with E-state index in [0.717, 1.165) is 0 Å². The van der Waals surface area contributed by atoms with E-state index in [1.54, 1.807) is 6.92 Å². The molecule has 1 N–H and O–H groups in total. The highest BCUT2D eigenvalue weighted by atomic mass is 28.3. The van der Waals surface area contributed by atoms with Gasteiger partial charge in [0.1, 0.15) is 8.24 Å². The molecule has 21 heteroatoms. The Balaban J connectivity index is 6.65. The van der Waals surface area contributed by atoms with E-state index in [0.29, 0.717) is 6.42 Å². The van der Waals surface area contributed by atoms with Crippen LogP contribution in [0.2, 0.25) is 18.6 Å². The number of halogens is 19. The average Bonchev–Trinajstić information content (AvgIpc) is 2.74. The molecule has 0 saturated heterocycles. The Bertz CT molecular complexity index is 806. The second-order valence-electron chi connectivity index (χ2n) is 8.56. The van der Waals surface area contributed by atoms with Crippen molar-refractivity contribution in [3.05, 3.63) is 0 Å². The van der Waals surface area contributed by atoms with Gasteiger partial charge in [0.25, 0.3) is 0 Å². The first-order valence-corrected chi connectivity index (χ1v) is 13.1. The summed E-state index contributed by atoms with van der Waals surface area (Å²) in [6.07, 6.45) is -10.0. The van der Waals surface area contributed by atoms with Crippen LogP contribution in [-0.4, -0.2) is 68.3 Å². The number of nitrogens with one attached hydrogen (secondary N) is 1. The van der Waals surface area contributed by atoms with Gasteiger partial charge in [-0.05, 0) is 25.1 Å². The van der Waals surface area contributed by atoms with Crippen LogP contribution in [0.3, 0.4) is 0 Å². The first kappa shape index (κ1) is 36.8. The van der Waals surface area contributed by atoms with Crippen molar-refractivity contribution >= 4 is 8.24 Å². The maximum Gasteiger partial charge on any atom is 0.460 e. The van der Waals surface area contributed by atoms with Crippen molar-refractivity contribution in [1.82, 2.24) is 4.98 Å². The Hall–Kier alpha value is -1.15. The highest BCUT2D eigenvalue weighted by molar-refractivity contribution is 6.76. The monoisotopic (exact) mass is 627 g/mol. The Morgan fingerprint density at radius 3 is 1.11 bits per heavy atom. The Morgan fingerprint density at radius 2 is 0.816 bits per heavy atom. The van der Waals surface area contributed by atoms with Gasteiger partial charge in [-0.3, -0.25) is 0 Å². The van der Waals surface area contributed by atoms with Crippen molar-refractivity contribution in [3.63, 3.8) is 0 Å². The molecule has 0 aromatic heterocycles. The third-order valence-corrected chi connectivity index (χ3v) is 9.77. The highest BCUT2D eigenvalue weighted by Crippen LogP contribution is 2.65. The third-order valence-electron chi connectivity index (χ3n) is 5.75. The zero-order valence-corrected chi connectivity index (χ0v) is 20.2. The van der Waals surface area contributed by atoms with Gasteiger partial charge in [0, 0.05) is 6.42 Å². The van der Waals surface area contributed by atoms with Crippen molar-refractivity contribution < 1.29 is 83.4 Å². The molecular weight excluding hydrogens is 607 g/mol. The molecule has 0 amide bonds. The van der Waals surface area contributed by atoms with E-state index >= 15 is 0 Å². The second-order valence-corrected chi connectivity index (χ2v) is 13.2. The quantitative estimate of drug-likeness (QED) is 0.150.